The molecule has 2 nitrogen and oxygen atoms in total. The van der Waals surface area contributed by atoms with E-state index in [1.807, 2.05) is 32.0 Å². The van der Waals surface area contributed by atoms with E-state index in [0.717, 1.165) is 6.42 Å². The van der Waals surface area contributed by atoms with Gasteiger partial charge in [0.2, 0.25) is 5.91 Å². The SMILES string of the molecule is CCNC(=O)[C@@H](C)Cc1ccccc1. The number of hydrogen-bond acceptors (Lipinski definition) is 1. The van der Waals surface area contributed by atoms with Crippen molar-refractivity contribution in [2.45, 2.75) is 20.3 Å². The molecule has 0 spiro atoms. The highest BCUT2D eigenvalue weighted by atomic mass is 16.1. The van der Waals surface area contributed by atoms with Gasteiger partial charge in [0.15, 0.2) is 0 Å². The molecule has 1 aromatic rings. The summed E-state index contributed by atoms with van der Waals surface area (Å²) in [6, 6.07) is 10.1. The monoisotopic (exact) mass is 191 g/mol. The van der Waals surface area contributed by atoms with Crippen LogP contribution in [0.4, 0.5) is 0 Å². The second-order valence-corrected chi connectivity index (χ2v) is 3.49. The minimum atomic E-state index is 0.0531. The summed E-state index contributed by atoms with van der Waals surface area (Å²) in [6.07, 6.45) is 0.812. The highest BCUT2D eigenvalue weighted by Crippen LogP contribution is 2.07. The molecule has 0 aliphatic rings. The Bertz CT molecular complexity index is 282. The summed E-state index contributed by atoms with van der Waals surface area (Å²) in [5.41, 5.74) is 1.21. The highest BCUT2D eigenvalue weighted by molar-refractivity contribution is 5.78. The van der Waals surface area contributed by atoms with E-state index in [0.29, 0.717) is 6.54 Å². The molecule has 0 bridgehead atoms. The van der Waals surface area contributed by atoms with Gasteiger partial charge < -0.3 is 5.32 Å². The first kappa shape index (κ1) is 10.8. The molecule has 1 amide bonds. The van der Waals surface area contributed by atoms with E-state index in [1.54, 1.807) is 0 Å². The van der Waals surface area contributed by atoms with Crippen LogP contribution in [0.2, 0.25) is 0 Å². The van der Waals surface area contributed by atoms with Crippen LogP contribution in [-0.2, 0) is 11.2 Å². The van der Waals surface area contributed by atoms with E-state index in [2.05, 4.69) is 17.4 Å². The van der Waals surface area contributed by atoms with Gasteiger partial charge in [0.05, 0.1) is 0 Å². The molecule has 76 valence electrons. The van der Waals surface area contributed by atoms with E-state index in [1.165, 1.54) is 5.56 Å². The topological polar surface area (TPSA) is 29.1 Å². The number of benzene rings is 1. The summed E-state index contributed by atoms with van der Waals surface area (Å²) in [7, 11) is 0. The van der Waals surface area contributed by atoms with E-state index in [9.17, 15) is 4.79 Å². The van der Waals surface area contributed by atoms with Gasteiger partial charge in [-0.15, -0.1) is 0 Å². The van der Waals surface area contributed by atoms with Gasteiger partial charge in [-0.05, 0) is 18.9 Å². The van der Waals surface area contributed by atoms with E-state index in [4.69, 9.17) is 0 Å². The molecule has 2 heteroatoms. The van der Waals surface area contributed by atoms with Gasteiger partial charge in [0, 0.05) is 12.5 Å². The molecule has 1 aromatic carbocycles. The van der Waals surface area contributed by atoms with Gasteiger partial charge in [0.25, 0.3) is 0 Å². The van der Waals surface area contributed by atoms with Crippen molar-refractivity contribution >= 4 is 5.91 Å². The molecule has 1 atom stereocenters. The quantitative estimate of drug-likeness (QED) is 0.775. The normalized spacial score (nSPS) is 12.1. The smallest absolute Gasteiger partial charge is 0.223 e. The van der Waals surface area contributed by atoms with Gasteiger partial charge in [0.1, 0.15) is 0 Å². The fraction of sp³-hybridized carbons (Fsp3) is 0.417. The lowest BCUT2D eigenvalue weighted by atomic mass is 10.0. The van der Waals surface area contributed by atoms with Crippen LogP contribution in [-0.4, -0.2) is 12.5 Å². The van der Waals surface area contributed by atoms with Crippen molar-refractivity contribution in [2.24, 2.45) is 5.92 Å². The predicted octanol–water partition coefficient (Wildman–Crippen LogP) is 2.00. The third-order valence-electron chi connectivity index (χ3n) is 2.18. The Balaban J connectivity index is 2.49. The molecule has 1 N–H and O–H groups in total. The van der Waals surface area contributed by atoms with Crippen molar-refractivity contribution in [3.8, 4) is 0 Å². The Kier molecular flexibility index (Phi) is 4.17. The molecule has 0 aliphatic heterocycles. The molecular weight excluding hydrogens is 174 g/mol. The van der Waals surface area contributed by atoms with Crippen molar-refractivity contribution < 1.29 is 4.79 Å². The lowest BCUT2D eigenvalue weighted by molar-refractivity contribution is -0.124. The number of nitrogens with one attached hydrogen (secondary N) is 1. The lowest BCUT2D eigenvalue weighted by Gasteiger charge is -2.10. The number of carbonyl (C=O) groups excluding carboxylic acids is 1. The molecule has 0 aromatic heterocycles. The Morgan fingerprint density at radius 2 is 2.00 bits per heavy atom. The van der Waals surface area contributed by atoms with Crippen LogP contribution in [0, 0.1) is 5.92 Å². The first-order valence-electron chi connectivity index (χ1n) is 5.05. The molecule has 0 fully saturated rings. The van der Waals surface area contributed by atoms with Crippen molar-refractivity contribution in [1.29, 1.82) is 0 Å². The number of hydrogen-bond donors (Lipinski definition) is 1. The average molecular weight is 191 g/mol. The Hall–Kier alpha value is -1.31. The molecule has 0 aliphatic carbocycles. The van der Waals surface area contributed by atoms with Crippen LogP contribution >= 0.6 is 0 Å². The van der Waals surface area contributed by atoms with Gasteiger partial charge in [-0.3, -0.25) is 4.79 Å². The Morgan fingerprint density at radius 1 is 1.36 bits per heavy atom. The molecule has 1 rings (SSSR count). The van der Waals surface area contributed by atoms with E-state index >= 15 is 0 Å². The van der Waals surface area contributed by atoms with Crippen molar-refractivity contribution in [3.63, 3.8) is 0 Å². The largest absolute Gasteiger partial charge is 0.356 e. The maximum atomic E-state index is 11.4. The van der Waals surface area contributed by atoms with Gasteiger partial charge in [-0.2, -0.15) is 0 Å². The molecular formula is C12H17NO. The van der Waals surface area contributed by atoms with Crippen LogP contribution < -0.4 is 5.32 Å². The first-order chi connectivity index (χ1) is 6.74. The Labute approximate surface area is 85.3 Å². The predicted molar refractivity (Wildman–Crippen MR) is 58.0 cm³/mol. The minimum Gasteiger partial charge on any atom is -0.356 e. The molecule has 14 heavy (non-hydrogen) atoms. The number of carbonyl (C=O) groups is 1. The van der Waals surface area contributed by atoms with E-state index < -0.39 is 0 Å². The fourth-order valence-electron chi connectivity index (χ4n) is 1.41. The van der Waals surface area contributed by atoms with Crippen LogP contribution in [0.3, 0.4) is 0 Å². The molecule has 0 saturated carbocycles. The van der Waals surface area contributed by atoms with E-state index in [-0.39, 0.29) is 11.8 Å². The van der Waals surface area contributed by atoms with Gasteiger partial charge >= 0.3 is 0 Å². The van der Waals surface area contributed by atoms with Crippen molar-refractivity contribution in [3.05, 3.63) is 35.9 Å². The third kappa shape index (κ3) is 3.21. The zero-order chi connectivity index (χ0) is 10.4. The van der Waals surface area contributed by atoms with Crippen molar-refractivity contribution in [1.82, 2.24) is 5.32 Å². The summed E-state index contributed by atoms with van der Waals surface area (Å²) < 4.78 is 0. The fourth-order valence-corrected chi connectivity index (χ4v) is 1.41. The van der Waals surface area contributed by atoms with Crippen molar-refractivity contribution in [2.75, 3.05) is 6.54 Å². The molecule has 0 saturated heterocycles. The maximum absolute atomic E-state index is 11.4. The second kappa shape index (κ2) is 5.43. The molecule has 0 unspecified atom stereocenters. The van der Waals surface area contributed by atoms with Crippen LogP contribution in [0.5, 0.6) is 0 Å². The first-order valence-corrected chi connectivity index (χ1v) is 5.05. The summed E-state index contributed by atoms with van der Waals surface area (Å²) >= 11 is 0. The molecule has 0 heterocycles. The lowest BCUT2D eigenvalue weighted by Crippen LogP contribution is -2.29. The summed E-state index contributed by atoms with van der Waals surface area (Å²) in [6.45, 7) is 4.60. The second-order valence-electron chi connectivity index (χ2n) is 3.49. The van der Waals surface area contributed by atoms with Gasteiger partial charge in [-0.1, -0.05) is 37.3 Å². The Morgan fingerprint density at radius 3 is 2.57 bits per heavy atom. The minimum absolute atomic E-state index is 0.0531. The summed E-state index contributed by atoms with van der Waals surface area (Å²) in [5.74, 6) is 0.189. The van der Waals surface area contributed by atoms with Crippen LogP contribution in [0.15, 0.2) is 30.3 Å². The van der Waals surface area contributed by atoms with Gasteiger partial charge in [-0.25, -0.2) is 0 Å². The zero-order valence-corrected chi connectivity index (χ0v) is 8.79. The van der Waals surface area contributed by atoms with Crippen LogP contribution in [0.1, 0.15) is 19.4 Å². The molecule has 0 radical (unpaired) electrons. The number of rotatable bonds is 4. The summed E-state index contributed by atoms with van der Waals surface area (Å²) in [4.78, 5) is 11.4. The maximum Gasteiger partial charge on any atom is 0.223 e. The average Bonchev–Trinajstić information content (AvgIpc) is 2.19. The number of amides is 1. The standard InChI is InChI=1S/C12H17NO/c1-3-13-12(14)10(2)9-11-7-5-4-6-8-11/h4-8,10H,3,9H2,1-2H3,(H,13,14)/t10-/m0/s1. The summed E-state index contributed by atoms with van der Waals surface area (Å²) in [5, 5.41) is 2.83. The van der Waals surface area contributed by atoms with Crippen LogP contribution in [0.25, 0.3) is 0 Å². The highest BCUT2D eigenvalue weighted by Gasteiger charge is 2.11. The third-order valence-corrected chi connectivity index (χ3v) is 2.18. The zero-order valence-electron chi connectivity index (χ0n) is 8.79.